The lowest BCUT2D eigenvalue weighted by atomic mass is 10.1. The lowest BCUT2D eigenvalue weighted by Gasteiger charge is -2.22. The molecule has 0 spiro atoms. The number of fused-ring (bicyclic) bond motifs is 1. The highest BCUT2D eigenvalue weighted by Gasteiger charge is 2.34. The molecule has 1 fully saturated rings. The summed E-state index contributed by atoms with van der Waals surface area (Å²) in [5.74, 6) is 1.09. The van der Waals surface area contributed by atoms with Gasteiger partial charge in [-0.3, -0.25) is 14.7 Å². The zero-order valence-electron chi connectivity index (χ0n) is 13.3. The third-order valence-corrected chi connectivity index (χ3v) is 4.20. The van der Waals surface area contributed by atoms with Crippen LogP contribution in [0.4, 0.5) is 0 Å². The summed E-state index contributed by atoms with van der Waals surface area (Å²) in [6.45, 7) is 4.12. The Morgan fingerprint density at radius 3 is 3.00 bits per heavy atom. The second-order valence-electron chi connectivity index (χ2n) is 5.95. The van der Waals surface area contributed by atoms with Crippen molar-refractivity contribution in [2.24, 2.45) is 0 Å². The number of hydrogen-bond acceptors (Lipinski definition) is 6. The van der Waals surface area contributed by atoms with Crippen molar-refractivity contribution in [3.05, 3.63) is 45.5 Å². The summed E-state index contributed by atoms with van der Waals surface area (Å²) in [5, 5.41) is 6.67. The van der Waals surface area contributed by atoms with Crippen molar-refractivity contribution >= 4 is 11.7 Å². The van der Waals surface area contributed by atoms with E-state index in [2.05, 4.69) is 20.2 Å². The molecule has 9 nitrogen and oxygen atoms in total. The lowest BCUT2D eigenvalue weighted by Crippen LogP contribution is -2.35. The van der Waals surface area contributed by atoms with Gasteiger partial charge in [0.1, 0.15) is 11.4 Å². The molecule has 0 saturated carbocycles. The van der Waals surface area contributed by atoms with Gasteiger partial charge in [-0.2, -0.15) is 9.50 Å². The summed E-state index contributed by atoms with van der Waals surface area (Å²) in [6, 6.07) is 1.62. The zero-order valence-corrected chi connectivity index (χ0v) is 13.3. The average Bonchev–Trinajstić information content (AvgIpc) is 3.25. The summed E-state index contributed by atoms with van der Waals surface area (Å²) >= 11 is 0. The number of hydrogen-bond donors (Lipinski definition) is 1. The van der Waals surface area contributed by atoms with E-state index in [-0.39, 0.29) is 23.3 Å². The Morgan fingerprint density at radius 2 is 2.25 bits per heavy atom. The third kappa shape index (κ3) is 2.20. The molecule has 0 radical (unpaired) electrons. The van der Waals surface area contributed by atoms with E-state index in [1.807, 2.05) is 13.0 Å². The van der Waals surface area contributed by atoms with Crippen molar-refractivity contribution in [2.75, 3.05) is 6.54 Å². The van der Waals surface area contributed by atoms with Gasteiger partial charge in [0, 0.05) is 18.8 Å². The van der Waals surface area contributed by atoms with Gasteiger partial charge < -0.3 is 9.42 Å². The summed E-state index contributed by atoms with van der Waals surface area (Å²) in [4.78, 5) is 35.3. The van der Waals surface area contributed by atoms with E-state index in [1.54, 1.807) is 11.8 Å². The maximum atomic E-state index is 12.9. The molecule has 1 N–H and O–H groups in total. The molecule has 0 aromatic carbocycles. The molecular weight excluding hydrogens is 312 g/mol. The second kappa shape index (κ2) is 5.29. The van der Waals surface area contributed by atoms with Crippen LogP contribution < -0.4 is 5.56 Å². The molecule has 4 heterocycles. The van der Waals surface area contributed by atoms with Crippen LogP contribution in [0.2, 0.25) is 0 Å². The Labute approximate surface area is 136 Å². The standard InChI is InChI=1S/C15H16N6O3/c1-8-6-12(24-19-8)11-4-3-5-20(11)13(22)10-7-16-15-17-9(2)18-21(15)14(10)23/h6-7,11H,3-5H2,1-2H3,(H,16,17,18). The maximum absolute atomic E-state index is 12.9. The molecular formula is C15H16N6O3. The van der Waals surface area contributed by atoms with Crippen LogP contribution in [-0.4, -0.2) is 42.1 Å². The van der Waals surface area contributed by atoms with Gasteiger partial charge in [0.25, 0.3) is 17.2 Å². The van der Waals surface area contributed by atoms with Gasteiger partial charge in [0.2, 0.25) is 0 Å². The van der Waals surface area contributed by atoms with E-state index in [0.717, 1.165) is 18.5 Å². The molecule has 0 bridgehead atoms. The van der Waals surface area contributed by atoms with Crippen LogP contribution >= 0.6 is 0 Å². The number of nitrogens with one attached hydrogen (secondary N) is 1. The fraction of sp³-hybridized carbons (Fsp3) is 0.400. The first-order valence-corrected chi connectivity index (χ1v) is 7.73. The summed E-state index contributed by atoms with van der Waals surface area (Å²) in [6.07, 6.45) is 2.91. The van der Waals surface area contributed by atoms with Gasteiger partial charge in [-0.15, -0.1) is 0 Å². The third-order valence-electron chi connectivity index (χ3n) is 4.20. The molecule has 1 aliphatic rings. The average molecular weight is 328 g/mol. The van der Waals surface area contributed by atoms with Crippen LogP contribution in [0.15, 0.2) is 21.6 Å². The van der Waals surface area contributed by atoms with Crippen molar-refractivity contribution in [1.29, 1.82) is 0 Å². The smallest absolute Gasteiger partial charge is 0.286 e. The van der Waals surface area contributed by atoms with Crippen LogP contribution in [-0.2, 0) is 0 Å². The van der Waals surface area contributed by atoms with Crippen molar-refractivity contribution in [3.63, 3.8) is 0 Å². The van der Waals surface area contributed by atoms with Crippen LogP contribution in [0.1, 0.15) is 46.5 Å². The first-order valence-electron chi connectivity index (χ1n) is 7.73. The highest BCUT2D eigenvalue weighted by atomic mass is 16.5. The fourth-order valence-corrected chi connectivity index (χ4v) is 3.11. The number of H-pyrrole nitrogens is 1. The zero-order chi connectivity index (χ0) is 16.8. The summed E-state index contributed by atoms with van der Waals surface area (Å²) < 4.78 is 6.50. The Bertz CT molecular complexity index is 985. The van der Waals surface area contributed by atoms with E-state index in [1.165, 1.54) is 10.7 Å². The Balaban J connectivity index is 1.72. The molecule has 1 saturated heterocycles. The number of nitrogens with zero attached hydrogens (tertiary/aromatic N) is 5. The number of likely N-dealkylation sites (tertiary alicyclic amines) is 1. The first-order chi connectivity index (χ1) is 11.5. The van der Waals surface area contributed by atoms with Crippen molar-refractivity contribution < 1.29 is 9.32 Å². The largest absolute Gasteiger partial charge is 0.359 e. The van der Waals surface area contributed by atoms with Gasteiger partial charge in [-0.25, -0.2) is 4.98 Å². The number of rotatable bonds is 2. The minimum atomic E-state index is -0.454. The number of carbonyl (C=O) groups excluding carboxylic acids is 1. The minimum Gasteiger partial charge on any atom is -0.359 e. The quantitative estimate of drug-likeness (QED) is 0.751. The van der Waals surface area contributed by atoms with E-state index in [9.17, 15) is 9.59 Å². The number of aryl methyl sites for hydroxylation is 2. The Kier molecular flexibility index (Phi) is 3.22. The molecule has 0 aliphatic carbocycles. The summed E-state index contributed by atoms with van der Waals surface area (Å²) in [5.41, 5.74) is 0.324. The van der Waals surface area contributed by atoms with Crippen molar-refractivity contribution in [3.8, 4) is 0 Å². The van der Waals surface area contributed by atoms with Crippen LogP contribution in [0, 0.1) is 13.8 Å². The number of aromatic nitrogens is 5. The van der Waals surface area contributed by atoms with Crippen LogP contribution in [0.3, 0.4) is 0 Å². The molecule has 1 atom stereocenters. The number of amides is 1. The molecule has 1 unspecified atom stereocenters. The molecule has 124 valence electrons. The fourth-order valence-electron chi connectivity index (χ4n) is 3.11. The van der Waals surface area contributed by atoms with Crippen LogP contribution in [0.25, 0.3) is 5.78 Å². The number of carbonyl (C=O) groups is 1. The molecule has 3 aromatic rings. The molecule has 3 aromatic heterocycles. The van der Waals surface area contributed by atoms with Gasteiger partial charge in [0.15, 0.2) is 5.76 Å². The maximum Gasteiger partial charge on any atom is 0.286 e. The summed E-state index contributed by atoms with van der Waals surface area (Å²) in [7, 11) is 0. The Hall–Kier alpha value is -2.97. The minimum absolute atomic E-state index is 0.0132. The molecule has 4 rings (SSSR count). The van der Waals surface area contributed by atoms with E-state index >= 15 is 0 Å². The highest BCUT2D eigenvalue weighted by Crippen LogP contribution is 2.33. The Morgan fingerprint density at radius 1 is 1.42 bits per heavy atom. The predicted octanol–water partition coefficient (Wildman–Crippen LogP) is 1.000. The van der Waals surface area contributed by atoms with Crippen LogP contribution in [0.5, 0.6) is 0 Å². The van der Waals surface area contributed by atoms with Gasteiger partial charge in [-0.1, -0.05) is 5.16 Å². The van der Waals surface area contributed by atoms with Gasteiger partial charge >= 0.3 is 0 Å². The number of aromatic amines is 1. The topological polar surface area (TPSA) is 109 Å². The molecule has 24 heavy (non-hydrogen) atoms. The molecule has 1 aliphatic heterocycles. The van der Waals surface area contributed by atoms with Crippen molar-refractivity contribution in [1.82, 2.24) is 29.6 Å². The first kappa shape index (κ1) is 14.6. The molecule has 1 amide bonds. The molecule has 9 heteroatoms. The second-order valence-corrected chi connectivity index (χ2v) is 5.95. The lowest BCUT2D eigenvalue weighted by molar-refractivity contribution is 0.0712. The SMILES string of the molecule is Cc1cc(C2CCCN2C(=O)c2cnc3nc(C)[nH]n3c2=O)on1. The van der Waals surface area contributed by atoms with Gasteiger partial charge in [0.05, 0.1) is 11.7 Å². The predicted molar refractivity (Wildman–Crippen MR) is 82.6 cm³/mol. The highest BCUT2D eigenvalue weighted by molar-refractivity contribution is 5.94. The van der Waals surface area contributed by atoms with E-state index < -0.39 is 5.56 Å². The van der Waals surface area contributed by atoms with Gasteiger partial charge in [-0.05, 0) is 26.7 Å². The van der Waals surface area contributed by atoms with E-state index in [4.69, 9.17) is 4.52 Å². The monoisotopic (exact) mass is 328 g/mol. The van der Waals surface area contributed by atoms with E-state index in [0.29, 0.717) is 18.1 Å². The van der Waals surface area contributed by atoms with Crippen molar-refractivity contribution in [2.45, 2.75) is 32.7 Å². The normalized spacial score (nSPS) is 17.8.